The summed E-state index contributed by atoms with van der Waals surface area (Å²) >= 11 is 2.56. The first-order valence-electron chi connectivity index (χ1n) is 9.16. The highest BCUT2D eigenvalue weighted by molar-refractivity contribution is 7.10. The monoisotopic (exact) mass is 416 g/mol. The van der Waals surface area contributed by atoms with Crippen molar-refractivity contribution < 1.29 is 14.0 Å². The minimum atomic E-state index is -0.750. The molecule has 0 bridgehead atoms. The number of hydrogen-bond acceptors (Lipinski definition) is 7. The quantitative estimate of drug-likeness (QED) is 0.635. The van der Waals surface area contributed by atoms with Crippen molar-refractivity contribution in [1.29, 1.82) is 0 Å². The van der Waals surface area contributed by atoms with Gasteiger partial charge in [0.1, 0.15) is 11.8 Å². The van der Waals surface area contributed by atoms with E-state index in [4.69, 9.17) is 4.42 Å². The Bertz CT molecular complexity index is 888. The number of nitrogens with zero attached hydrogens (tertiary/aromatic N) is 3. The normalized spacial score (nSPS) is 15.4. The second-order valence-corrected chi connectivity index (χ2v) is 8.30. The third-order valence-electron chi connectivity index (χ3n) is 4.82. The number of carbonyl (C=O) groups excluding carboxylic acids is 2. The van der Waals surface area contributed by atoms with Crippen LogP contribution in [0.25, 0.3) is 0 Å². The molecule has 1 aliphatic rings. The number of hydrogen-bond donors (Lipinski definition) is 1. The zero-order valence-corrected chi connectivity index (χ0v) is 16.7. The van der Waals surface area contributed by atoms with Gasteiger partial charge < -0.3 is 14.6 Å². The van der Waals surface area contributed by atoms with Crippen LogP contribution in [-0.2, 0) is 11.3 Å². The predicted octanol–water partition coefficient (Wildman–Crippen LogP) is 3.64. The molecule has 1 aliphatic carbocycles. The molecule has 1 unspecified atom stereocenters. The van der Waals surface area contributed by atoms with E-state index >= 15 is 0 Å². The lowest BCUT2D eigenvalue weighted by Gasteiger charge is -2.30. The second kappa shape index (κ2) is 8.66. The van der Waals surface area contributed by atoms with E-state index in [1.807, 2.05) is 17.5 Å². The number of thiophene rings is 1. The van der Waals surface area contributed by atoms with E-state index in [2.05, 4.69) is 14.9 Å². The summed E-state index contributed by atoms with van der Waals surface area (Å²) in [5.41, 5.74) is 0.228. The van der Waals surface area contributed by atoms with Crippen molar-refractivity contribution in [2.45, 2.75) is 44.3 Å². The SMILES string of the molecule is O=C(NC1CCCC1)C(c1cccs1)N(Cc1ccco1)C(=O)c1csnn1. The van der Waals surface area contributed by atoms with Crippen LogP contribution < -0.4 is 5.32 Å². The molecule has 1 saturated carbocycles. The lowest BCUT2D eigenvalue weighted by Crippen LogP contribution is -2.45. The van der Waals surface area contributed by atoms with Gasteiger partial charge >= 0.3 is 0 Å². The third-order valence-corrected chi connectivity index (χ3v) is 6.25. The predicted molar refractivity (Wildman–Crippen MR) is 106 cm³/mol. The zero-order chi connectivity index (χ0) is 19.3. The van der Waals surface area contributed by atoms with Crippen molar-refractivity contribution in [3.05, 3.63) is 57.6 Å². The van der Waals surface area contributed by atoms with Gasteiger partial charge in [-0.2, -0.15) is 0 Å². The maximum Gasteiger partial charge on any atom is 0.276 e. The molecule has 3 aromatic heterocycles. The summed E-state index contributed by atoms with van der Waals surface area (Å²) < 4.78 is 9.25. The van der Waals surface area contributed by atoms with Gasteiger partial charge in [0.2, 0.25) is 5.91 Å². The molecule has 9 heteroatoms. The van der Waals surface area contributed by atoms with Gasteiger partial charge in [-0.1, -0.05) is 23.4 Å². The van der Waals surface area contributed by atoms with E-state index in [-0.39, 0.29) is 30.1 Å². The Morgan fingerprint density at radius 1 is 1.29 bits per heavy atom. The molecule has 2 amide bonds. The molecule has 1 fully saturated rings. The highest BCUT2D eigenvalue weighted by Crippen LogP contribution is 2.30. The van der Waals surface area contributed by atoms with Crippen molar-refractivity contribution in [1.82, 2.24) is 19.8 Å². The minimum Gasteiger partial charge on any atom is -0.467 e. The van der Waals surface area contributed by atoms with E-state index in [9.17, 15) is 9.59 Å². The van der Waals surface area contributed by atoms with Crippen molar-refractivity contribution in [3.63, 3.8) is 0 Å². The van der Waals surface area contributed by atoms with E-state index in [0.717, 1.165) is 42.1 Å². The molecule has 0 radical (unpaired) electrons. The zero-order valence-electron chi connectivity index (χ0n) is 15.1. The Kier molecular flexibility index (Phi) is 5.82. The average Bonchev–Trinajstić information content (AvgIpc) is 3.50. The molecule has 1 N–H and O–H groups in total. The Hall–Kier alpha value is -2.52. The fourth-order valence-corrected chi connectivity index (χ4v) is 4.74. The van der Waals surface area contributed by atoms with Gasteiger partial charge in [0.05, 0.1) is 12.8 Å². The smallest absolute Gasteiger partial charge is 0.276 e. The summed E-state index contributed by atoms with van der Waals surface area (Å²) in [7, 11) is 0. The van der Waals surface area contributed by atoms with Gasteiger partial charge in [-0.25, -0.2) is 0 Å². The number of furan rings is 1. The van der Waals surface area contributed by atoms with Gasteiger partial charge in [0.15, 0.2) is 5.69 Å². The van der Waals surface area contributed by atoms with Crippen LogP contribution >= 0.6 is 22.9 Å². The molecule has 4 rings (SSSR count). The molecule has 28 heavy (non-hydrogen) atoms. The highest BCUT2D eigenvalue weighted by atomic mass is 32.1. The van der Waals surface area contributed by atoms with Crippen molar-refractivity contribution in [3.8, 4) is 0 Å². The number of nitrogens with one attached hydrogen (secondary N) is 1. The maximum atomic E-state index is 13.3. The van der Waals surface area contributed by atoms with Crippen LogP contribution in [0, 0.1) is 0 Å². The van der Waals surface area contributed by atoms with Crippen molar-refractivity contribution >= 4 is 34.7 Å². The maximum absolute atomic E-state index is 13.3. The Balaban J connectivity index is 1.67. The van der Waals surface area contributed by atoms with E-state index in [0.29, 0.717) is 5.76 Å². The summed E-state index contributed by atoms with van der Waals surface area (Å²) in [5.74, 6) is 0.0920. The van der Waals surface area contributed by atoms with Crippen LogP contribution in [0.1, 0.15) is 52.9 Å². The fourth-order valence-electron chi connectivity index (χ4n) is 3.48. The van der Waals surface area contributed by atoms with E-state index in [1.165, 1.54) is 16.2 Å². The van der Waals surface area contributed by atoms with Crippen molar-refractivity contribution in [2.75, 3.05) is 0 Å². The van der Waals surface area contributed by atoms with Gasteiger partial charge in [0, 0.05) is 16.3 Å². The van der Waals surface area contributed by atoms with Gasteiger partial charge in [-0.15, -0.1) is 16.4 Å². The first-order chi connectivity index (χ1) is 13.7. The third kappa shape index (κ3) is 4.15. The molecule has 146 valence electrons. The Morgan fingerprint density at radius 2 is 2.14 bits per heavy atom. The molecule has 0 aliphatic heterocycles. The van der Waals surface area contributed by atoms with Crippen LogP contribution in [0.5, 0.6) is 0 Å². The first kappa shape index (κ1) is 18.8. The van der Waals surface area contributed by atoms with Crippen LogP contribution in [0.4, 0.5) is 0 Å². The molecule has 0 aromatic carbocycles. The topological polar surface area (TPSA) is 88.3 Å². The molecule has 0 spiro atoms. The van der Waals surface area contributed by atoms with E-state index < -0.39 is 6.04 Å². The molecule has 0 saturated heterocycles. The molecule has 7 nitrogen and oxygen atoms in total. The van der Waals surface area contributed by atoms with Gasteiger partial charge in [-0.3, -0.25) is 9.59 Å². The summed E-state index contributed by atoms with van der Waals surface area (Å²) in [6.45, 7) is 0.171. The molecular weight excluding hydrogens is 396 g/mol. The number of amides is 2. The van der Waals surface area contributed by atoms with E-state index in [1.54, 1.807) is 23.8 Å². The second-order valence-electron chi connectivity index (χ2n) is 6.71. The molecule has 3 heterocycles. The summed E-state index contributed by atoms with van der Waals surface area (Å²) in [6, 6.07) is 6.73. The standard InChI is InChI=1S/C19H20N4O3S2/c24-18(20-13-5-1-2-6-13)17(16-8-4-10-27-16)23(11-14-7-3-9-26-14)19(25)15-12-28-22-21-15/h3-4,7-10,12-13,17H,1-2,5-6,11H2,(H,20,24). The summed E-state index contributed by atoms with van der Waals surface area (Å²) in [4.78, 5) is 28.8. The Morgan fingerprint density at radius 3 is 2.79 bits per heavy atom. The van der Waals surface area contributed by atoms with Gasteiger partial charge in [0.25, 0.3) is 5.91 Å². The van der Waals surface area contributed by atoms with Crippen LogP contribution in [0.3, 0.4) is 0 Å². The number of carbonyl (C=O) groups is 2. The van der Waals surface area contributed by atoms with Crippen LogP contribution in [0.2, 0.25) is 0 Å². The first-order valence-corrected chi connectivity index (χ1v) is 10.9. The van der Waals surface area contributed by atoms with Crippen molar-refractivity contribution in [2.24, 2.45) is 0 Å². The Labute approximate surface area is 170 Å². The van der Waals surface area contributed by atoms with Crippen LogP contribution in [-0.4, -0.2) is 32.3 Å². The highest BCUT2D eigenvalue weighted by Gasteiger charge is 2.35. The lowest BCUT2D eigenvalue weighted by molar-refractivity contribution is -0.126. The fraction of sp³-hybridized carbons (Fsp3) is 0.368. The van der Waals surface area contributed by atoms with Crippen LogP contribution in [0.15, 0.2) is 45.7 Å². The lowest BCUT2D eigenvalue weighted by atomic mass is 10.1. The number of rotatable bonds is 7. The molecule has 3 aromatic rings. The number of aromatic nitrogens is 2. The minimum absolute atomic E-state index is 0.163. The summed E-state index contributed by atoms with van der Waals surface area (Å²) in [5, 5.41) is 10.6. The molecule has 1 atom stereocenters. The molecular formula is C19H20N4O3S2. The average molecular weight is 417 g/mol. The van der Waals surface area contributed by atoms with Gasteiger partial charge in [-0.05, 0) is 48.0 Å². The summed E-state index contributed by atoms with van der Waals surface area (Å²) in [6.07, 6.45) is 5.75. The largest absolute Gasteiger partial charge is 0.467 e.